The van der Waals surface area contributed by atoms with Crippen LogP contribution < -0.4 is 4.74 Å². The Bertz CT molecular complexity index is 691. The molecule has 107 valence electrons. The lowest BCUT2D eigenvalue weighted by atomic mass is 10.3. The van der Waals surface area contributed by atoms with E-state index in [0.29, 0.717) is 12.6 Å². The molecular formula is C15H15N4OS. The van der Waals surface area contributed by atoms with E-state index in [0.717, 1.165) is 27.3 Å². The predicted molar refractivity (Wildman–Crippen MR) is 83.5 cm³/mol. The number of rotatable bonds is 5. The predicted octanol–water partition coefficient (Wildman–Crippen LogP) is 2.49. The molecule has 2 aromatic heterocycles. The SMILES string of the molecule is CN(C)CCOc1n[c]c(-c2nc3ccccc3s2)cn1. The topological polar surface area (TPSA) is 51.1 Å². The highest BCUT2D eigenvalue weighted by Crippen LogP contribution is 2.29. The normalized spacial score (nSPS) is 11.2. The minimum absolute atomic E-state index is 0.349. The van der Waals surface area contributed by atoms with Gasteiger partial charge in [0.05, 0.1) is 15.8 Å². The van der Waals surface area contributed by atoms with Crippen LogP contribution in [-0.4, -0.2) is 47.1 Å². The molecule has 1 radical (unpaired) electrons. The largest absolute Gasteiger partial charge is 0.462 e. The third kappa shape index (κ3) is 3.34. The molecule has 0 amide bonds. The lowest BCUT2D eigenvalue weighted by Gasteiger charge is -2.09. The van der Waals surface area contributed by atoms with Crippen molar-refractivity contribution < 1.29 is 4.74 Å². The second kappa shape index (κ2) is 6.15. The minimum Gasteiger partial charge on any atom is -0.462 e. The molecule has 2 heterocycles. The summed E-state index contributed by atoms with van der Waals surface area (Å²) in [4.78, 5) is 14.9. The summed E-state index contributed by atoms with van der Waals surface area (Å²) in [6.45, 7) is 1.38. The second-order valence-electron chi connectivity index (χ2n) is 4.82. The molecule has 21 heavy (non-hydrogen) atoms. The number of fused-ring (bicyclic) bond motifs is 1. The second-order valence-corrected chi connectivity index (χ2v) is 5.85. The summed E-state index contributed by atoms with van der Waals surface area (Å²) in [5, 5.41) is 0.871. The minimum atomic E-state index is 0.349. The molecule has 0 saturated heterocycles. The van der Waals surface area contributed by atoms with Crippen LogP contribution >= 0.6 is 11.3 Å². The number of likely N-dealkylation sites (N-methyl/N-ethyl adjacent to an activating group) is 1. The van der Waals surface area contributed by atoms with Crippen molar-refractivity contribution >= 4 is 21.6 Å². The maximum atomic E-state index is 5.45. The number of thiazole rings is 1. The van der Waals surface area contributed by atoms with Gasteiger partial charge in [-0.1, -0.05) is 12.1 Å². The van der Waals surface area contributed by atoms with Crippen molar-refractivity contribution in [3.63, 3.8) is 0 Å². The smallest absolute Gasteiger partial charge is 0.317 e. The van der Waals surface area contributed by atoms with Crippen LogP contribution in [0.3, 0.4) is 0 Å². The molecule has 0 atom stereocenters. The molecular weight excluding hydrogens is 284 g/mol. The van der Waals surface area contributed by atoms with Crippen molar-refractivity contribution in [3.05, 3.63) is 36.7 Å². The molecule has 0 saturated carbocycles. The molecule has 0 unspecified atom stereocenters. The summed E-state index contributed by atoms with van der Waals surface area (Å²) < 4.78 is 6.60. The summed E-state index contributed by atoms with van der Waals surface area (Å²) in [5.74, 6) is 0. The molecule has 0 bridgehead atoms. The van der Waals surface area contributed by atoms with Crippen molar-refractivity contribution in [1.82, 2.24) is 19.9 Å². The third-order valence-electron chi connectivity index (χ3n) is 2.87. The molecule has 5 nitrogen and oxygen atoms in total. The number of benzene rings is 1. The van der Waals surface area contributed by atoms with Crippen LogP contribution in [0.2, 0.25) is 0 Å². The number of ether oxygens (including phenoxy) is 1. The van der Waals surface area contributed by atoms with E-state index in [9.17, 15) is 0 Å². The van der Waals surface area contributed by atoms with E-state index in [1.165, 1.54) is 0 Å². The fraction of sp³-hybridized carbons (Fsp3) is 0.267. The highest BCUT2D eigenvalue weighted by molar-refractivity contribution is 7.21. The van der Waals surface area contributed by atoms with Gasteiger partial charge in [-0.05, 0) is 26.2 Å². The molecule has 0 fully saturated rings. The molecule has 0 N–H and O–H groups in total. The summed E-state index contributed by atoms with van der Waals surface area (Å²) in [5.41, 5.74) is 1.77. The number of para-hydroxylation sites is 1. The zero-order chi connectivity index (χ0) is 14.7. The fourth-order valence-electron chi connectivity index (χ4n) is 1.77. The van der Waals surface area contributed by atoms with Gasteiger partial charge in [0.2, 0.25) is 0 Å². The first kappa shape index (κ1) is 13.9. The Morgan fingerprint density at radius 2 is 2.14 bits per heavy atom. The van der Waals surface area contributed by atoms with E-state index in [2.05, 4.69) is 27.2 Å². The van der Waals surface area contributed by atoms with Crippen LogP contribution in [0.15, 0.2) is 30.5 Å². The van der Waals surface area contributed by atoms with Crippen LogP contribution in [-0.2, 0) is 0 Å². The Morgan fingerprint density at radius 3 is 2.86 bits per heavy atom. The Kier molecular flexibility index (Phi) is 4.08. The van der Waals surface area contributed by atoms with Crippen molar-refractivity contribution in [2.24, 2.45) is 0 Å². The van der Waals surface area contributed by atoms with Gasteiger partial charge in [-0.15, -0.1) is 11.3 Å². The van der Waals surface area contributed by atoms with E-state index in [-0.39, 0.29) is 0 Å². The molecule has 0 aliphatic carbocycles. The zero-order valence-electron chi connectivity index (χ0n) is 11.9. The van der Waals surface area contributed by atoms with Gasteiger partial charge in [-0.25, -0.2) is 9.97 Å². The van der Waals surface area contributed by atoms with Gasteiger partial charge >= 0.3 is 6.01 Å². The summed E-state index contributed by atoms with van der Waals surface area (Å²) in [6.07, 6.45) is 4.65. The average molecular weight is 299 g/mol. The standard InChI is InChI=1S/C15H15N4OS/c1-19(2)7-8-20-15-16-9-11(10-17-15)14-18-12-5-3-4-6-13(12)21-14/h3-6,9H,7-8H2,1-2H3. The lowest BCUT2D eigenvalue weighted by molar-refractivity contribution is 0.245. The summed E-state index contributed by atoms with van der Waals surface area (Å²) in [6, 6.07) is 8.38. The van der Waals surface area contributed by atoms with Gasteiger partial charge in [0.25, 0.3) is 0 Å². The summed E-state index contributed by atoms with van der Waals surface area (Å²) >= 11 is 1.61. The van der Waals surface area contributed by atoms with E-state index < -0.39 is 0 Å². The quantitative estimate of drug-likeness (QED) is 0.724. The first-order valence-corrected chi connectivity index (χ1v) is 7.42. The van der Waals surface area contributed by atoms with E-state index in [4.69, 9.17) is 4.74 Å². The Hall–Kier alpha value is -2.05. The van der Waals surface area contributed by atoms with E-state index in [1.807, 2.05) is 37.2 Å². The van der Waals surface area contributed by atoms with Gasteiger partial charge in [0.15, 0.2) is 0 Å². The molecule has 0 aliphatic rings. The van der Waals surface area contributed by atoms with Crippen molar-refractivity contribution in [2.75, 3.05) is 27.2 Å². The maximum Gasteiger partial charge on any atom is 0.317 e. The number of nitrogens with zero attached hydrogens (tertiary/aromatic N) is 4. The summed E-state index contributed by atoms with van der Waals surface area (Å²) in [7, 11) is 3.99. The van der Waals surface area contributed by atoms with E-state index >= 15 is 0 Å². The monoisotopic (exact) mass is 299 g/mol. The number of hydrogen-bond donors (Lipinski definition) is 0. The van der Waals surface area contributed by atoms with Gasteiger partial charge in [-0.3, -0.25) is 0 Å². The van der Waals surface area contributed by atoms with E-state index in [1.54, 1.807) is 17.5 Å². The third-order valence-corrected chi connectivity index (χ3v) is 3.94. The van der Waals surface area contributed by atoms with Gasteiger partial charge in [-0.2, -0.15) is 4.98 Å². The fourth-order valence-corrected chi connectivity index (χ4v) is 2.69. The van der Waals surface area contributed by atoms with Crippen molar-refractivity contribution in [1.29, 1.82) is 0 Å². The molecule has 6 heteroatoms. The molecule has 0 spiro atoms. The average Bonchev–Trinajstić information content (AvgIpc) is 2.91. The van der Waals surface area contributed by atoms with Crippen LogP contribution in [0.4, 0.5) is 0 Å². The van der Waals surface area contributed by atoms with Gasteiger partial charge in [0, 0.05) is 12.7 Å². The van der Waals surface area contributed by atoms with Gasteiger partial charge < -0.3 is 9.64 Å². The van der Waals surface area contributed by atoms with Crippen LogP contribution in [0.25, 0.3) is 20.8 Å². The maximum absolute atomic E-state index is 5.45. The Morgan fingerprint density at radius 1 is 1.29 bits per heavy atom. The Labute approximate surface area is 127 Å². The molecule has 0 aliphatic heterocycles. The molecule has 3 rings (SSSR count). The highest BCUT2D eigenvalue weighted by Gasteiger charge is 2.08. The first-order chi connectivity index (χ1) is 10.2. The number of hydrogen-bond acceptors (Lipinski definition) is 6. The first-order valence-electron chi connectivity index (χ1n) is 6.60. The van der Waals surface area contributed by atoms with Gasteiger partial charge in [0.1, 0.15) is 17.8 Å². The highest BCUT2D eigenvalue weighted by atomic mass is 32.1. The lowest BCUT2D eigenvalue weighted by Crippen LogP contribution is -2.20. The molecule has 3 aromatic rings. The Balaban J connectivity index is 1.74. The van der Waals surface area contributed by atoms with Crippen LogP contribution in [0, 0.1) is 6.20 Å². The molecule has 1 aromatic carbocycles. The zero-order valence-corrected chi connectivity index (χ0v) is 12.7. The van der Waals surface area contributed by atoms with Crippen molar-refractivity contribution in [3.8, 4) is 16.6 Å². The number of aromatic nitrogens is 3. The van der Waals surface area contributed by atoms with Crippen molar-refractivity contribution in [2.45, 2.75) is 0 Å². The van der Waals surface area contributed by atoms with Crippen LogP contribution in [0.1, 0.15) is 0 Å². The van der Waals surface area contributed by atoms with Crippen LogP contribution in [0.5, 0.6) is 6.01 Å².